The molecule has 4 rings (SSSR count). The molecule has 0 aliphatic carbocycles. The summed E-state index contributed by atoms with van der Waals surface area (Å²) < 4.78 is 49.6. The highest BCUT2D eigenvalue weighted by Gasteiger charge is 2.43. The van der Waals surface area contributed by atoms with Gasteiger partial charge >= 0.3 is 6.18 Å². The molecule has 2 aliphatic rings. The third kappa shape index (κ3) is 4.47. The van der Waals surface area contributed by atoms with E-state index in [1.54, 1.807) is 24.3 Å². The Labute approximate surface area is 189 Å². The number of hydrogen-bond donors (Lipinski definition) is 0. The van der Waals surface area contributed by atoms with E-state index in [4.69, 9.17) is 9.47 Å². The number of ether oxygens (including phenoxy) is 2. The molecule has 0 spiro atoms. The number of methoxy groups -OCH3 is 2. The van der Waals surface area contributed by atoms with E-state index in [1.807, 2.05) is 9.80 Å². The van der Waals surface area contributed by atoms with Crippen molar-refractivity contribution in [1.29, 1.82) is 0 Å². The van der Waals surface area contributed by atoms with Crippen molar-refractivity contribution in [3.05, 3.63) is 48.0 Å². The standard InChI is InChI=1S/C23H24F3N3O4/c1-32-19-7-6-17(13-20(19)33-2)29-21(30)14-18(22(29)31)28-10-8-27(9-11-28)16-5-3-4-15(12-16)23(24,25)26/h3-7,12-13,18H,8-11,14H2,1-2H3/t18-/m1/s1. The van der Waals surface area contributed by atoms with Crippen LogP contribution in [0.1, 0.15) is 12.0 Å². The van der Waals surface area contributed by atoms with E-state index in [1.165, 1.54) is 20.3 Å². The predicted octanol–water partition coefficient (Wildman–Crippen LogP) is 3.18. The lowest BCUT2D eigenvalue weighted by Gasteiger charge is -2.38. The Morgan fingerprint density at radius 2 is 1.58 bits per heavy atom. The summed E-state index contributed by atoms with van der Waals surface area (Å²) >= 11 is 0. The number of benzene rings is 2. The Morgan fingerprint density at radius 3 is 2.21 bits per heavy atom. The van der Waals surface area contributed by atoms with Crippen molar-refractivity contribution >= 4 is 23.2 Å². The summed E-state index contributed by atoms with van der Waals surface area (Å²) in [5.74, 6) is 0.272. The number of rotatable bonds is 5. The minimum absolute atomic E-state index is 0.0523. The highest BCUT2D eigenvalue weighted by atomic mass is 19.4. The van der Waals surface area contributed by atoms with Crippen LogP contribution in [0.15, 0.2) is 42.5 Å². The Kier molecular flexibility index (Phi) is 6.20. The number of carbonyl (C=O) groups excluding carboxylic acids is 2. The Hall–Kier alpha value is -3.27. The number of alkyl halides is 3. The second kappa shape index (κ2) is 8.93. The number of piperazine rings is 1. The smallest absolute Gasteiger partial charge is 0.416 e. The van der Waals surface area contributed by atoms with Crippen LogP contribution in [0.3, 0.4) is 0 Å². The van der Waals surface area contributed by atoms with Crippen molar-refractivity contribution in [1.82, 2.24) is 4.90 Å². The van der Waals surface area contributed by atoms with E-state index in [0.29, 0.717) is 49.1 Å². The second-order valence-corrected chi connectivity index (χ2v) is 7.90. The fourth-order valence-corrected chi connectivity index (χ4v) is 4.31. The minimum atomic E-state index is -4.40. The topological polar surface area (TPSA) is 62.3 Å². The molecule has 2 aliphatic heterocycles. The van der Waals surface area contributed by atoms with Crippen LogP contribution in [0.4, 0.5) is 24.5 Å². The lowest BCUT2D eigenvalue weighted by Crippen LogP contribution is -2.52. The fraction of sp³-hybridized carbons (Fsp3) is 0.391. The van der Waals surface area contributed by atoms with Crippen molar-refractivity contribution in [2.24, 2.45) is 0 Å². The van der Waals surface area contributed by atoms with Gasteiger partial charge in [-0.05, 0) is 30.3 Å². The maximum Gasteiger partial charge on any atom is 0.416 e. The Balaban J connectivity index is 1.45. The predicted molar refractivity (Wildman–Crippen MR) is 116 cm³/mol. The summed E-state index contributed by atoms with van der Waals surface area (Å²) in [7, 11) is 2.97. The monoisotopic (exact) mass is 463 g/mol. The quantitative estimate of drug-likeness (QED) is 0.635. The van der Waals surface area contributed by atoms with Crippen LogP contribution in [-0.2, 0) is 15.8 Å². The summed E-state index contributed by atoms with van der Waals surface area (Å²) in [6.45, 7) is 1.82. The van der Waals surface area contributed by atoms with Crippen molar-refractivity contribution in [2.45, 2.75) is 18.6 Å². The molecule has 10 heteroatoms. The molecule has 2 fully saturated rings. The van der Waals surface area contributed by atoms with Gasteiger partial charge in [0, 0.05) is 37.9 Å². The van der Waals surface area contributed by atoms with Crippen LogP contribution in [0.25, 0.3) is 0 Å². The van der Waals surface area contributed by atoms with E-state index in [9.17, 15) is 22.8 Å². The lowest BCUT2D eigenvalue weighted by atomic mass is 10.1. The molecule has 0 bridgehead atoms. The lowest BCUT2D eigenvalue weighted by molar-refractivity contribution is -0.137. The van der Waals surface area contributed by atoms with Crippen molar-refractivity contribution < 1.29 is 32.2 Å². The Bertz CT molecular complexity index is 1050. The van der Waals surface area contributed by atoms with E-state index in [0.717, 1.165) is 17.0 Å². The average Bonchev–Trinajstić information content (AvgIpc) is 3.12. The van der Waals surface area contributed by atoms with Crippen LogP contribution in [0.5, 0.6) is 11.5 Å². The number of amides is 2. The number of carbonyl (C=O) groups is 2. The van der Waals surface area contributed by atoms with Crippen molar-refractivity contribution in [3.8, 4) is 11.5 Å². The number of nitrogens with zero attached hydrogens (tertiary/aromatic N) is 3. The molecule has 7 nitrogen and oxygen atoms in total. The van der Waals surface area contributed by atoms with Gasteiger partial charge in [-0.2, -0.15) is 13.2 Å². The fourth-order valence-electron chi connectivity index (χ4n) is 4.31. The number of hydrogen-bond acceptors (Lipinski definition) is 6. The molecular formula is C23H24F3N3O4. The van der Waals surface area contributed by atoms with Gasteiger partial charge in [-0.3, -0.25) is 14.5 Å². The van der Waals surface area contributed by atoms with Gasteiger partial charge in [0.05, 0.1) is 37.9 Å². The van der Waals surface area contributed by atoms with Gasteiger partial charge in [-0.15, -0.1) is 0 Å². The molecule has 176 valence electrons. The van der Waals surface area contributed by atoms with Gasteiger partial charge in [-0.25, -0.2) is 4.90 Å². The van der Waals surface area contributed by atoms with E-state index >= 15 is 0 Å². The molecule has 2 heterocycles. The third-order valence-corrected chi connectivity index (χ3v) is 6.04. The molecule has 0 radical (unpaired) electrons. The summed E-state index contributed by atoms with van der Waals surface area (Å²) in [5, 5.41) is 0. The van der Waals surface area contributed by atoms with E-state index in [-0.39, 0.29) is 18.2 Å². The second-order valence-electron chi connectivity index (χ2n) is 7.90. The van der Waals surface area contributed by atoms with Gasteiger partial charge in [0.15, 0.2) is 11.5 Å². The zero-order chi connectivity index (χ0) is 23.8. The zero-order valence-electron chi connectivity index (χ0n) is 18.3. The molecule has 0 aromatic heterocycles. The van der Waals surface area contributed by atoms with Crippen LogP contribution < -0.4 is 19.3 Å². The first-order valence-electron chi connectivity index (χ1n) is 10.5. The molecule has 2 aromatic rings. The maximum atomic E-state index is 13.1. The van der Waals surface area contributed by atoms with Gasteiger partial charge in [-0.1, -0.05) is 6.07 Å². The zero-order valence-corrected chi connectivity index (χ0v) is 18.3. The molecule has 0 unspecified atom stereocenters. The minimum Gasteiger partial charge on any atom is -0.493 e. The molecule has 0 N–H and O–H groups in total. The van der Waals surface area contributed by atoms with Crippen LogP contribution in [-0.4, -0.2) is 63.2 Å². The maximum absolute atomic E-state index is 13.1. The first-order chi connectivity index (χ1) is 15.7. The molecule has 2 aromatic carbocycles. The SMILES string of the molecule is COc1ccc(N2C(=O)C[C@@H](N3CCN(c4cccc(C(F)(F)F)c4)CC3)C2=O)cc1OC. The summed E-state index contributed by atoms with van der Waals surface area (Å²) in [6, 6.07) is 9.47. The summed E-state index contributed by atoms with van der Waals surface area (Å²) in [4.78, 5) is 30.8. The number of anilines is 2. The van der Waals surface area contributed by atoms with Gasteiger partial charge in [0.2, 0.25) is 5.91 Å². The highest BCUT2D eigenvalue weighted by Crippen LogP contribution is 2.35. The highest BCUT2D eigenvalue weighted by molar-refractivity contribution is 6.22. The molecule has 1 atom stereocenters. The van der Waals surface area contributed by atoms with Gasteiger partial charge in [0.25, 0.3) is 5.91 Å². The molecule has 2 amide bonds. The van der Waals surface area contributed by atoms with Crippen molar-refractivity contribution in [2.75, 3.05) is 50.2 Å². The van der Waals surface area contributed by atoms with E-state index < -0.39 is 17.8 Å². The average molecular weight is 463 g/mol. The van der Waals surface area contributed by atoms with Gasteiger partial charge < -0.3 is 14.4 Å². The van der Waals surface area contributed by atoms with Crippen molar-refractivity contribution in [3.63, 3.8) is 0 Å². The molecule has 0 saturated carbocycles. The molecular weight excluding hydrogens is 439 g/mol. The van der Waals surface area contributed by atoms with Crippen LogP contribution in [0.2, 0.25) is 0 Å². The Morgan fingerprint density at radius 1 is 0.879 bits per heavy atom. The molecule has 33 heavy (non-hydrogen) atoms. The first kappa shape index (κ1) is 22.9. The third-order valence-electron chi connectivity index (χ3n) is 6.04. The van der Waals surface area contributed by atoms with Crippen LogP contribution in [0, 0.1) is 0 Å². The normalized spacial score (nSPS) is 19.8. The summed E-state index contributed by atoms with van der Waals surface area (Å²) in [6.07, 6.45) is -4.35. The number of halogens is 3. The first-order valence-corrected chi connectivity index (χ1v) is 10.5. The van der Waals surface area contributed by atoms with Gasteiger partial charge in [0.1, 0.15) is 0 Å². The summed E-state index contributed by atoms with van der Waals surface area (Å²) in [5.41, 5.74) is 0.211. The molecule has 2 saturated heterocycles. The number of imide groups is 1. The largest absolute Gasteiger partial charge is 0.493 e. The van der Waals surface area contributed by atoms with E-state index in [2.05, 4.69) is 0 Å². The van der Waals surface area contributed by atoms with Crippen LogP contribution >= 0.6 is 0 Å².